The fourth-order valence-corrected chi connectivity index (χ4v) is 2.61. The molecule has 5 heteroatoms. The lowest BCUT2D eigenvalue weighted by Crippen LogP contribution is -1.99. The van der Waals surface area contributed by atoms with Crippen molar-refractivity contribution in [3.05, 3.63) is 34.2 Å². The molecule has 4 nitrogen and oxygen atoms in total. The highest BCUT2D eigenvalue weighted by Crippen LogP contribution is 2.32. The Labute approximate surface area is 115 Å². The van der Waals surface area contributed by atoms with E-state index in [1.165, 1.54) is 16.9 Å². The highest BCUT2D eigenvalue weighted by molar-refractivity contribution is 7.10. The van der Waals surface area contributed by atoms with Gasteiger partial charge in [0.15, 0.2) is 0 Å². The van der Waals surface area contributed by atoms with Crippen molar-refractivity contribution in [2.24, 2.45) is 0 Å². The molecule has 19 heavy (non-hydrogen) atoms. The highest BCUT2D eigenvalue weighted by atomic mass is 32.1. The normalized spacial score (nSPS) is 10.4. The first-order chi connectivity index (χ1) is 9.13. The minimum Gasteiger partial charge on any atom is -0.496 e. The lowest BCUT2D eigenvalue weighted by molar-refractivity contribution is -0.136. The van der Waals surface area contributed by atoms with Crippen molar-refractivity contribution in [3.8, 4) is 17.0 Å². The van der Waals surface area contributed by atoms with Crippen LogP contribution in [0, 0.1) is 0 Å². The molecule has 0 amide bonds. The summed E-state index contributed by atoms with van der Waals surface area (Å²) in [6.45, 7) is 2.09. The molecular formula is C14H15NO3S. The molecule has 1 aromatic carbocycles. The van der Waals surface area contributed by atoms with Crippen LogP contribution in [0.5, 0.6) is 5.75 Å². The average Bonchev–Trinajstić information content (AvgIpc) is 2.85. The molecule has 1 heterocycles. The summed E-state index contributed by atoms with van der Waals surface area (Å²) in [4.78, 5) is 15.0. The maximum Gasteiger partial charge on any atom is 0.310 e. The molecule has 0 aliphatic carbocycles. The quantitative estimate of drug-likeness (QED) is 0.912. The van der Waals surface area contributed by atoms with Gasteiger partial charge in [0.25, 0.3) is 0 Å². The summed E-state index contributed by atoms with van der Waals surface area (Å²) in [6, 6.07) is 5.98. The van der Waals surface area contributed by atoms with Crippen LogP contribution in [-0.2, 0) is 17.6 Å². The van der Waals surface area contributed by atoms with E-state index in [2.05, 4.69) is 11.9 Å². The zero-order valence-corrected chi connectivity index (χ0v) is 11.7. The van der Waals surface area contributed by atoms with E-state index < -0.39 is 5.97 Å². The second kappa shape index (κ2) is 5.84. The third-order valence-corrected chi connectivity index (χ3v) is 3.65. The molecule has 1 aromatic heterocycles. The Hall–Kier alpha value is -1.88. The van der Waals surface area contributed by atoms with Crippen molar-refractivity contribution in [1.82, 2.24) is 4.98 Å². The molecule has 0 unspecified atom stereocenters. The summed E-state index contributed by atoms with van der Waals surface area (Å²) in [5.41, 5.74) is 2.88. The topological polar surface area (TPSA) is 59.4 Å². The molecule has 2 rings (SSSR count). The zero-order valence-electron chi connectivity index (χ0n) is 10.8. The summed E-state index contributed by atoms with van der Waals surface area (Å²) < 4.78 is 5.34. The number of aliphatic carboxylic acids is 1. The van der Waals surface area contributed by atoms with Gasteiger partial charge in [0.05, 0.1) is 19.2 Å². The van der Waals surface area contributed by atoms with Crippen molar-refractivity contribution < 1.29 is 14.6 Å². The van der Waals surface area contributed by atoms with E-state index in [9.17, 15) is 4.79 Å². The standard InChI is InChI=1S/C14H15NO3S/c1-3-9-4-5-12(18-2)10(6-9)11-8-19-13(15-11)7-14(16)17/h4-6,8H,3,7H2,1-2H3,(H,16,17). The Morgan fingerprint density at radius 1 is 1.47 bits per heavy atom. The molecule has 0 fully saturated rings. The van der Waals surface area contributed by atoms with Crippen molar-refractivity contribution in [1.29, 1.82) is 0 Å². The second-order valence-electron chi connectivity index (χ2n) is 4.09. The van der Waals surface area contributed by atoms with Crippen LogP contribution in [0.1, 0.15) is 17.5 Å². The monoisotopic (exact) mass is 277 g/mol. The Morgan fingerprint density at radius 3 is 2.89 bits per heavy atom. The minimum absolute atomic E-state index is 0.0412. The van der Waals surface area contributed by atoms with Gasteiger partial charge in [-0.3, -0.25) is 4.79 Å². The summed E-state index contributed by atoms with van der Waals surface area (Å²) in [7, 11) is 1.62. The molecule has 1 N–H and O–H groups in total. The molecule has 0 radical (unpaired) electrons. The molecule has 0 atom stereocenters. The van der Waals surface area contributed by atoms with Gasteiger partial charge in [-0.1, -0.05) is 13.0 Å². The number of carbonyl (C=O) groups is 1. The number of hydrogen-bond donors (Lipinski definition) is 1. The zero-order chi connectivity index (χ0) is 13.8. The van der Waals surface area contributed by atoms with Gasteiger partial charge < -0.3 is 9.84 Å². The Balaban J connectivity index is 2.39. The van der Waals surface area contributed by atoms with Gasteiger partial charge >= 0.3 is 5.97 Å². The first-order valence-electron chi connectivity index (χ1n) is 5.97. The van der Waals surface area contributed by atoms with Gasteiger partial charge in [-0.25, -0.2) is 4.98 Å². The number of aryl methyl sites for hydroxylation is 1. The van der Waals surface area contributed by atoms with Crippen molar-refractivity contribution in [3.63, 3.8) is 0 Å². The van der Waals surface area contributed by atoms with Crippen LogP contribution in [-0.4, -0.2) is 23.2 Å². The van der Waals surface area contributed by atoms with Gasteiger partial charge in [-0.05, 0) is 24.1 Å². The number of carboxylic acids is 1. The average molecular weight is 277 g/mol. The van der Waals surface area contributed by atoms with Crippen molar-refractivity contribution in [2.75, 3.05) is 7.11 Å². The van der Waals surface area contributed by atoms with Crippen LogP contribution >= 0.6 is 11.3 Å². The molecule has 0 aliphatic heterocycles. The number of carboxylic acid groups (broad SMARTS) is 1. The van der Waals surface area contributed by atoms with E-state index in [0.717, 1.165) is 23.4 Å². The molecule has 0 aliphatic rings. The van der Waals surface area contributed by atoms with Crippen LogP contribution in [0.25, 0.3) is 11.3 Å². The largest absolute Gasteiger partial charge is 0.496 e. The lowest BCUT2D eigenvalue weighted by atomic mass is 10.1. The number of thiazole rings is 1. The van der Waals surface area contributed by atoms with Gasteiger partial charge in [-0.2, -0.15) is 0 Å². The number of rotatable bonds is 5. The Bertz CT molecular complexity index is 592. The molecule has 0 saturated heterocycles. The predicted molar refractivity (Wildman–Crippen MR) is 74.8 cm³/mol. The summed E-state index contributed by atoms with van der Waals surface area (Å²) >= 11 is 1.36. The minimum atomic E-state index is -0.866. The molecule has 2 aromatic rings. The van der Waals surface area contributed by atoms with E-state index in [-0.39, 0.29) is 6.42 Å². The van der Waals surface area contributed by atoms with Crippen LogP contribution in [0.3, 0.4) is 0 Å². The third-order valence-electron chi connectivity index (χ3n) is 2.80. The van der Waals surface area contributed by atoms with Crippen LogP contribution in [0.15, 0.2) is 23.6 Å². The maximum atomic E-state index is 10.7. The smallest absolute Gasteiger partial charge is 0.310 e. The van der Waals surface area contributed by atoms with E-state index >= 15 is 0 Å². The van der Waals surface area contributed by atoms with Gasteiger partial charge in [0, 0.05) is 10.9 Å². The number of aromatic nitrogens is 1. The van der Waals surface area contributed by atoms with Gasteiger partial charge in [0.2, 0.25) is 0 Å². The van der Waals surface area contributed by atoms with Crippen molar-refractivity contribution in [2.45, 2.75) is 19.8 Å². The van der Waals surface area contributed by atoms with E-state index in [1.54, 1.807) is 7.11 Å². The summed E-state index contributed by atoms with van der Waals surface area (Å²) in [5.74, 6) is -0.112. The Morgan fingerprint density at radius 2 is 2.26 bits per heavy atom. The SMILES string of the molecule is CCc1ccc(OC)c(-c2csc(CC(=O)O)n2)c1. The first-order valence-corrected chi connectivity index (χ1v) is 6.85. The fraction of sp³-hybridized carbons (Fsp3) is 0.286. The molecule has 0 spiro atoms. The van der Waals surface area contributed by atoms with E-state index in [0.29, 0.717) is 5.01 Å². The summed E-state index contributed by atoms with van der Waals surface area (Å²) in [5, 5.41) is 11.2. The van der Waals surface area contributed by atoms with Crippen LogP contribution in [0.2, 0.25) is 0 Å². The fourth-order valence-electron chi connectivity index (χ4n) is 1.82. The first kappa shape index (κ1) is 13.5. The molecule has 0 bridgehead atoms. The van der Waals surface area contributed by atoms with Crippen molar-refractivity contribution >= 4 is 17.3 Å². The number of hydrogen-bond acceptors (Lipinski definition) is 4. The van der Waals surface area contributed by atoms with E-state index in [4.69, 9.17) is 9.84 Å². The highest BCUT2D eigenvalue weighted by Gasteiger charge is 2.12. The molecular weight excluding hydrogens is 262 g/mol. The third kappa shape index (κ3) is 3.12. The molecule has 100 valence electrons. The lowest BCUT2D eigenvalue weighted by Gasteiger charge is -2.08. The number of nitrogens with zero attached hydrogens (tertiary/aromatic N) is 1. The summed E-state index contributed by atoms with van der Waals surface area (Å²) in [6.07, 6.45) is 0.892. The number of ether oxygens (including phenoxy) is 1. The predicted octanol–water partition coefficient (Wildman–Crippen LogP) is 3.01. The van der Waals surface area contributed by atoms with E-state index in [1.807, 2.05) is 23.6 Å². The number of methoxy groups -OCH3 is 1. The van der Waals surface area contributed by atoms with Gasteiger partial charge in [0.1, 0.15) is 10.8 Å². The van der Waals surface area contributed by atoms with Gasteiger partial charge in [-0.15, -0.1) is 11.3 Å². The van der Waals surface area contributed by atoms with Crippen LogP contribution in [0.4, 0.5) is 0 Å². The second-order valence-corrected chi connectivity index (χ2v) is 5.03. The molecule has 0 saturated carbocycles. The van der Waals surface area contributed by atoms with Crippen LogP contribution < -0.4 is 4.74 Å². The Kier molecular flexibility index (Phi) is 4.16. The maximum absolute atomic E-state index is 10.7. The number of benzene rings is 1.